The van der Waals surface area contributed by atoms with Crippen LogP contribution < -0.4 is 16.0 Å². The van der Waals surface area contributed by atoms with E-state index in [1.165, 1.54) is 0 Å². The van der Waals surface area contributed by atoms with Gasteiger partial charge in [0.1, 0.15) is 0 Å². The number of para-hydroxylation sites is 2. The fraction of sp³-hybridized carbons (Fsp3) is 0.364. The Labute approximate surface area is 161 Å². The average Bonchev–Trinajstić information content (AvgIpc) is 2.66. The van der Waals surface area contributed by atoms with Gasteiger partial charge in [0, 0.05) is 38.2 Å². The molecule has 1 amide bonds. The van der Waals surface area contributed by atoms with E-state index in [1.54, 1.807) is 12.1 Å². The van der Waals surface area contributed by atoms with Gasteiger partial charge in [-0.15, -0.1) is 0 Å². The molecule has 5 heteroatoms. The number of carbonyl (C=O) groups is 2. The Balaban J connectivity index is 1.63. The van der Waals surface area contributed by atoms with E-state index < -0.39 is 0 Å². The molecule has 0 spiro atoms. The molecular formula is C22H29N3O2. The van der Waals surface area contributed by atoms with Crippen molar-refractivity contribution in [3.05, 3.63) is 54.1 Å². The number of carbonyl (C=O) groups excluding carboxylic acids is 2. The van der Waals surface area contributed by atoms with E-state index in [1.807, 2.05) is 55.4 Å². The van der Waals surface area contributed by atoms with Gasteiger partial charge >= 0.3 is 0 Å². The lowest BCUT2D eigenvalue weighted by Crippen LogP contribution is -2.12. The summed E-state index contributed by atoms with van der Waals surface area (Å²) in [6.45, 7) is 0. The number of hydrogen-bond donors (Lipinski definition) is 2. The van der Waals surface area contributed by atoms with Crippen molar-refractivity contribution in [1.82, 2.24) is 0 Å². The SMILES string of the molecule is CN(C)c1cccc(C(=O)CCCCCCC(=O)Nc2ccccc2N)c1. The highest BCUT2D eigenvalue weighted by Gasteiger charge is 2.08. The van der Waals surface area contributed by atoms with Crippen molar-refractivity contribution in [3.63, 3.8) is 0 Å². The van der Waals surface area contributed by atoms with E-state index in [2.05, 4.69) is 5.32 Å². The lowest BCUT2D eigenvalue weighted by Gasteiger charge is -2.13. The maximum absolute atomic E-state index is 12.3. The van der Waals surface area contributed by atoms with E-state index in [-0.39, 0.29) is 11.7 Å². The van der Waals surface area contributed by atoms with Crippen LogP contribution in [0.3, 0.4) is 0 Å². The molecule has 0 aliphatic rings. The number of nitrogens with one attached hydrogen (secondary N) is 1. The number of amides is 1. The Morgan fingerprint density at radius 3 is 2.33 bits per heavy atom. The van der Waals surface area contributed by atoms with Crippen LogP contribution in [0.15, 0.2) is 48.5 Å². The molecule has 0 saturated carbocycles. The third-order valence-corrected chi connectivity index (χ3v) is 4.48. The topological polar surface area (TPSA) is 75.4 Å². The first-order chi connectivity index (χ1) is 13.0. The Bertz CT molecular complexity index is 772. The minimum Gasteiger partial charge on any atom is -0.397 e. The van der Waals surface area contributed by atoms with Crippen molar-refractivity contribution in [2.24, 2.45) is 0 Å². The Morgan fingerprint density at radius 1 is 0.926 bits per heavy atom. The van der Waals surface area contributed by atoms with Crippen LogP contribution in [0, 0.1) is 0 Å². The molecule has 0 aliphatic carbocycles. The summed E-state index contributed by atoms with van der Waals surface area (Å²) in [5, 5.41) is 2.83. The fourth-order valence-electron chi connectivity index (χ4n) is 2.85. The number of hydrogen-bond acceptors (Lipinski definition) is 4. The van der Waals surface area contributed by atoms with E-state index >= 15 is 0 Å². The lowest BCUT2D eigenvalue weighted by molar-refractivity contribution is -0.116. The number of unbranched alkanes of at least 4 members (excludes halogenated alkanes) is 3. The van der Waals surface area contributed by atoms with E-state index in [0.717, 1.165) is 36.9 Å². The third-order valence-electron chi connectivity index (χ3n) is 4.48. The zero-order chi connectivity index (χ0) is 19.6. The van der Waals surface area contributed by atoms with Gasteiger partial charge in [-0.25, -0.2) is 0 Å². The van der Waals surface area contributed by atoms with E-state index in [9.17, 15) is 9.59 Å². The molecule has 0 saturated heterocycles. The second-order valence-electron chi connectivity index (χ2n) is 6.92. The number of nitrogens with zero attached hydrogens (tertiary/aromatic N) is 1. The van der Waals surface area contributed by atoms with Crippen molar-refractivity contribution in [2.45, 2.75) is 38.5 Å². The number of rotatable bonds is 10. The standard InChI is InChI=1S/C22H29N3O2/c1-25(2)18-11-9-10-17(16-18)21(26)14-5-3-4-6-15-22(27)24-20-13-8-7-12-19(20)23/h7-13,16H,3-6,14-15,23H2,1-2H3,(H,24,27). The van der Waals surface area contributed by atoms with Crippen LogP contribution in [0.1, 0.15) is 48.9 Å². The quantitative estimate of drug-likeness (QED) is 0.368. The predicted octanol–water partition coefficient (Wildman–Crippen LogP) is 4.50. The molecule has 144 valence electrons. The first-order valence-electron chi connectivity index (χ1n) is 9.42. The van der Waals surface area contributed by atoms with Crippen LogP contribution in [0.25, 0.3) is 0 Å². The molecule has 2 rings (SSSR count). The molecule has 0 bridgehead atoms. The van der Waals surface area contributed by atoms with Gasteiger partial charge in [-0.2, -0.15) is 0 Å². The van der Waals surface area contributed by atoms with Gasteiger partial charge in [0.15, 0.2) is 5.78 Å². The van der Waals surface area contributed by atoms with E-state index in [0.29, 0.717) is 24.2 Å². The zero-order valence-electron chi connectivity index (χ0n) is 16.2. The van der Waals surface area contributed by atoms with Crippen molar-refractivity contribution in [1.29, 1.82) is 0 Å². The van der Waals surface area contributed by atoms with Crippen LogP contribution in [-0.4, -0.2) is 25.8 Å². The van der Waals surface area contributed by atoms with Gasteiger partial charge in [0.2, 0.25) is 5.91 Å². The van der Waals surface area contributed by atoms with Gasteiger partial charge in [-0.1, -0.05) is 37.1 Å². The monoisotopic (exact) mass is 367 g/mol. The summed E-state index contributed by atoms with van der Waals surface area (Å²) in [6.07, 6.45) is 4.54. The Morgan fingerprint density at radius 2 is 1.63 bits per heavy atom. The summed E-state index contributed by atoms with van der Waals surface area (Å²) in [4.78, 5) is 26.2. The molecule has 0 atom stereocenters. The van der Waals surface area contributed by atoms with Crippen LogP contribution >= 0.6 is 0 Å². The van der Waals surface area contributed by atoms with Crippen LogP contribution in [0.5, 0.6) is 0 Å². The summed E-state index contributed by atoms with van der Waals surface area (Å²) in [7, 11) is 3.93. The molecule has 0 fully saturated rings. The second-order valence-corrected chi connectivity index (χ2v) is 6.92. The molecule has 5 nitrogen and oxygen atoms in total. The molecule has 3 N–H and O–H groups in total. The van der Waals surface area contributed by atoms with E-state index in [4.69, 9.17) is 5.73 Å². The van der Waals surface area contributed by atoms with Crippen LogP contribution in [-0.2, 0) is 4.79 Å². The molecule has 0 heterocycles. The molecule has 2 aromatic carbocycles. The minimum absolute atomic E-state index is 0.0236. The normalized spacial score (nSPS) is 10.4. The molecule has 2 aromatic rings. The van der Waals surface area contributed by atoms with Gasteiger partial charge < -0.3 is 16.0 Å². The Kier molecular flexibility index (Phi) is 7.86. The number of nitrogen functional groups attached to an aromatic ring is 1. The average molecular weight is 367 g/mol. The van der Waals surface area contributed by atoms with Crippen molar-refractivity contribution in [2.75, 3.05) is 30.0 Å². The summed E-state index contributed by atoms with van der Waals surface area (Å²) < 4.78 is 0. The number of anilines is 3. The third kappa shape index (κ3) is 6.77. The van der Waals surface area contributed by atoms with Gasteiger partial charge in [0.25, 0.3) is 0 Å². The number of benzene rings is 2. The zero-order valence-corrected chi connectivity index (χ0v) is 16.2. The van der Waals surface area contributed by atoms with Crippen LogP contribution in [0.4, 0.5) is 17.1 Å². The van der Waals surface area contributed by atoms with Gasteiger partial charge in [0.05, 0.1) is 11.4 Å². The summed E-state index contributed by atoms with van der Waals surface area (Å²) >= 11 is 0. The fourth-order valence-corrected chi connectivity index (χ4v) is 2.85. The highest BCUT2D eigenvalue weighted by molar-refractivity contribution is 5.97. The number of nitrogens with two attached hydrogens (primary N) is 1. The van der Waals surface area contributed by atoms with Gasteiger partial charge in [-0.05, 0) is 37.1 Å². The predicted molar refractivity (Wildman–Crippen MR) is 112 cm³/mol. The molecule has 0 aromatic heterocycles. The van der Waals surface area contributed by atoms with Crippen LogP contribution in [0.2, 0.25) is 0 Å². The van der Waals surface area contributed by atoms with Crippen molar-refractivity contribution >= 4 is 28.8 Å². The summed E-state index contributed by atoms with van der Waals surface area (Å²) in [5.41, 5.74) is 8.85. The van der Waals surface area contributed by atoms with Crippen molar-refractivity contribution < 1.29 is 9.59 Å². The molecule has 27 heavy (non-hydrogen) atoms. The molecule has 0 radical (unpaired) electrons. The maximum Gasteiger partial charge on any atom is 0.224 e. The lowest BCUT2D eigenvalue weighted by atomic mass is 10.0. The second kappa shape index (κ2) is 10.4. The molecule has 0 unspecified atom stereocenters. The summed E-state index contributed by atoms with van der Waals surface area (Å²) in [5.74, 6) is 0.153. The molecule has 0 aliphatic heterocycles. The smallest absolute Gasteiger partial charge is 0.224 e. The van der Waals surface area contributed by atoms with Crippen molar-refractivity contribution in [3.8, 4) is 0 Å². The number of ketones is 1. The summed E-state index contributed by atoms with van der Waals surface area (Å²) in [6, 6.07) is 15.0. The largest absolute Gasteiger partial charge is 0.397 e. The first-order valence-corrected chi connectivity index (χ1v) is 9.42. The Hall–Kier alpha value is -2.82. The first kappa shape index (κ1) is 20.5. The minimum atomic E-state index is -0.0236. The maximum atomic E-state index is 12.3. The highest BCUT2D eigenvalue weighted by Crippen LogP contribution is 2.18. The highest BCUT2D eigenvalue weighted by atomic mass is 16.1. The van der Waals surface area contributed by atoms with Gasteiger partial charge in [-0.3, -0.25) is 9.59 Å². The number of Topliss-reactive ketones (excluding diaryl/α,β-unsaturated/α-hetero) is 1. The molecular weight excluding hydrogens is 338 g/mol.